The van der Waals surface area contributed by atoms with Gasteiger partial charge in [-0.1, -0.05) is 6.92 Å². The second-order valence-corrected chi connectivity index (χ2v) is 5.62. The molecule has 1 atom stereocenters. The number of hydrogen-bond donors (Lipinski definition) is 0. The van der Waals surface area contributed by atoms with Crippen molar-refractivity contribution in [3.63, 3.8) is 0 Å². The first kappa shape index (κ1) is 15.5. The van der Waals surface area contributed by atoms with Crippen LogP contribution >= 0.6 is 0 Å². The van der Waals surface area contributed by atoms with Crippen molar-refractivity contribution in [3.05, 3.63) is 59.7 Å². The number of ether oxygens (including phenoxy) is 1. The predicted octanol–water partition coefficient (Wildman–Crippen LogP) is 3.08. The Bertz CT molecular complexity index is 688. The number of carbonyl (C=O) groups is 1. The Kier molecular flexibility index (Phi) is 4.55. The zero-order valence-corrected chi connectivity index (χ0v) is 13.0. The molecule has 23 heavy (non-hydrogen) atoms. The molecule has 1 aromatic heterocycles. The number of aryl methyl sites for hydroxylation is 1. The molecule has 2 heterocycles. The molecule has 0 N–H and O–H groups in total. The summed E-state index contributed by atoms with van der Waals surface area (Å²) in [7, 11) is 0. The third-order valence-electron chi connectivity index (χ3n) is 4.06. The summed E-state index contributed by atoms with van der Waals surface area (Å²) in [4.78, 5) is 18.5. The lowest BCUT2D eigenvalue weighted by Crippen LogP contribution is -2.31. The largest absolute Gasteiger partial charge is 0.489 e. The first-order valence-electron chi connectivity index (χ1n) is 7.81. The third-order valence-corrected chi connectivity index (χ3v) is 4.06. The van der Waals surface area contributed by atoms with E-state index in [1.54, 1.807) is 30.6 Å². The molecule has 0 saturated carbocycles. The van der Waals surface area contributed by atoms with Gasteiger partial charge in [-0.2, -0.15) is 0 Å². The zero-order valence-electron chi connectivity index (χ0n) is 13.0. The molecule has 0 radical (unpaired) electrons. The molecule has 1 saturated heterocycles. The van der Waals surface area contributed by atoms with E-state index in [2.05, 4.69) is 4.98 Å². The first-order chi connectivity index (χ1) is 11.2. The fourth-order valence-electron chi connectivity index (χ4n) is 2.80. The lowest BCUT2D eigenvalue weighted by molar-refractivity contribution is 0.0771. The van der Waals surface area contributed by atoms with Crippen LogP contribution in [0.3, 0.4) is 0 Å². The third kappa shape index (κ3) is 3.50. The van der Waals surface area contributed by atoms with Crippen LogP contribution in [0.1, 0.15) is 29.3 Å². The van der Waals surface area contributed by atoms with Crippen LogP contribution in [0.4, 0.5) is 4.39 Å². The molecule has 0 bridgehead atoms. The number of likely N-dealkylation sites (tertiary alicyclic amines) is 1. The molecule has 120 valence electrons. The fraction of sp³-hybridized carbons (Fsp3) is 0.333. The molecule has 0 spiro atoms. The molecule has 0 aliphatic carbocycles. The molecule has 1 fully saturated rings. The Morgan fingerprint density at radius 1 is 1.35 bits per heavy atom. The number of rotatable bonds is 4. The first-order valence-corrected chi connectivity index (χ1v) is 7.81. The number of nitrogens with zero attached hydrogens (tertiary/aromatic N) is 2. The number of pyridine rings is 1. The van der Waals surface area contributed by atoms with Crippen molar-refractivity contribution in [1.29, 1.82) is 0 Å². The van der Waals surface area contributed by atoms with E-state index < -0.39 is 0 Å². The number of benzene rings is 1. The monoisotopic (exact) mass is 314 g/mol. The lowest BCUT2D eigenvalue weighted by Gasteiger charge is -2.18. The van der Waals surface area contributed by atoms with Crippen LogP contribution in [0.5, 0.6) is 5.75 Å². The van der Waals surface area contributed by atoms with Gasteiger partial charge < -0.3 is 9.64 Å². The lowest BCUT2D eigenvalue weighted by atomic mass is 10.1. The van der Waals surface area contributed by atoms with Crippen LogP contribution in [-0.4, -0.2) is 35.0 Å². The minimum Gasteiger partial charge on any atom is -0.489 e. The molecule has 4 nitrogen and oxygen atoms in total. The van der Waals surface area contributed by atoms with Gasteiger partial charge in [-0.05, 0) is 42.3 Å². The Labute approximate surface area is 134 Å². The van der Waals surface area contributed by atoms with Crippen molar-refractivity contribution in [3.8, 4) is 5.75 Å². The van der Waals surface area contributed by atoms with Gasteiger partial charge >= 0.3 is 0 Å². The topological polar surface area (TPSA) is 42.4 Å². The molecule has 5 heteroatoms. The van der Waals surface area contributed by atoms with Gasteiger partial charge in [0, 0.05) is 30.9 Å². The van der Waals surface area contributed by atoms with Gasteiger partial charge in [0.25, 0.3) is 5.91 Å². The molecular weight excluding hydrogens is 295 g/mol. The summed E-state index contributed by atoms with van der Waals surface area (Å²) in [5.74, 6) is 0.365. The van der Waals surface area contributed by atoms with Gasteiger partial charge in [-0.3, -0.25) is 9.78 Å². The maximum absolute atomic E-state index is 12.9. The number of hydrogen-bond acceptors (Lipinski definition) is 3. The van der Waals surface area contributed by atoms with E-state index in [0.29, 0.717) is 24.4 Å². The SMILES string of the molecule is CCc1cnccc1C(=O)N1CC[C@@H](Oc2ccc(F)cc2)C1. The summed E-state index contributed by atoms with van der Waals surface area (Å²) in [5, 5.41) is 0. The second kappa shape index (κ2) is 6.77. The van der Waals surface area contributed by atoms with Gasteiger partial charge in [0.05, 0.1) is 6.54 Å². The molecule has 1 aliphatic heterocycles. The maximum Gasteiger partial charge on any atom is 0.254 e. The molecule has 1 aromatic carbocycles. The van der Waals surface area contributed by atoms with Gasteiger partial charge in [-0.15, -0.1) is 0 Å². The van der Waals surface area contributed by atoms with Crippen LogP contribution in [0.15, 0.2) is 42.7 Å². The average Bonchev–Trinajstić information content (AvgIpc) is 3.05. The summed E-state index contributed by atoms with van der Waals surface area (Å²) in [6.45, 7) is 3.22. The van der Waals surface area contributed by atoms with Crippen molar-refractivity contribution in [2.45, 2.75) is 25.9 Å². The van der Waals surface area contributed by atoms with Crippen LogP contribution in [0, 0.1) is 5.82 Å². The zero-order chi connectivity index (χ0) is 16.2. The normalized spacial score (nSPS) is 17.3. The van der Waals surface area contributed by atoms with E-state index >= 15 is 0 Å². The Morgan fingerprint density at radius 3 is 2.87 bits per heavy atom. The molecular formula is C18H19FN2O2. The summed E-state index contributed by atoms with van der Waals surface area (Å²) >= 11 is 0. The molecule has 1 aliphatic rings. The van der Waals surface area contributed by atoms with Crippen molar-refractivity contribution >= 4 is 5.91 Å². The highest BCUT2D eigenvalue weighted by atomic mass is 19.1. The van der Waals surface area contributed by atoms with Gasteiger partial charge in [0.15, 0.2) is 0 Å². The van der Waals surface area contributed by atoms with Crippen molar-refractivity contribution in [2.24, 2.45) is 0 Å². The fourth-order valence-corrected chi connectivity index (χ4v) is 2.80. The van der Waals surface area contributed by atoms with Crippen molar-refractivity contribution in [1.82, 2.24) is 9.88 Å². The number of amides is 1. The molecule has 1 amide bonds. The summed E-state index contributed by atoms with van der Waals surface area (Å²) in [6.07, 6.45) is 4.88. The Balaban J connectivity index is 1.65. The van der Waals surface area contributed by atoms with E-state index in [0.717, 1.165) is 18.4 Å². The highest BCUT2D eigenvalue weighted by molar-refractivity contribution is 5.95. The standard InChI is InChI=1S/C18H19FN2O2/c1-2-13-11-20-9-7-17(13)18(22)21-10-8-16(12-21)23-15-5-3-14(19)4-6-15/h3-7,9,11,16H,2,8,10,12H2,1H3/t16-/m1/s1. The minimum atomic E-state index is -0.287. The van der Waals surface area contributed by atoms with Crippen LogP contribution in [0.25, 0.3) is 0 Å². The van der Waals surface area contributed by atoms with Gasteiger partial charge in [0.1, 0.15) is 17.7 Å². The summed E-state index contributed by atoms with van der Waals surface area (Å²) < 4.78 is 18.7. The van der Waals surface area contributed by atoms with E-state index in [1.807, 2.05) is 11.8 Å². The van der Waals surface area contributed by atoms with Crippen molar-refractivity contribution in [2.75, 3.05) is 13.1 Å². The van der Waals surface area contributed by atoms with E-state index in [1.165, 1.54) is 12.1 Å². The molecule has 2 aromatic rings. The minimum absolute atomic E-state index is 0.0226. The van der Waals surface area contributed by atoms with Crippen LogP contribution in [0.2, 0.25) is 0 Å². The quantitative estimate of drug-likeness (QED) is 0.871. The van der Waals surface area contributed by atoms with Gasteiger partial charge in [0.2, 0.25) is 0 Å². The van der Waals surface area contributed by atoms with E-state index in [4.69, 9.17) is 4.74 Å². The van der Waals surface area contributed by atoms with E-state index in [9.17, 15) is 9.18 Å². The van der Waals surface area contributed by atoms with Crippen LogP contribution < -0.4 is 4.74 Å². The molecule has 3 rings (SSSR count). The maximum atomic E-state index is 12.9. The Hall–Kier alpha value is -2.43. The number of aromatic nitrogens is 1. The molecule has 0 unspecified atom stereocenters. The van der Waals surface area contributed by atoms with Gasteiger partial charge in [-0.25, -0.2) is 4.39 Å². The number of halogens is 1. The number of carbonyl (C=O) groups excluding carboxylic acids is 1. The predicted molar refractivity (Wildman–Crippen MR) is 85.0 cm³/mol. The Morgan fingerprint density at radius 2 is 2.13 bits per heavy atom. The highest BCUT2D eigenvalue weighted by Gasteiger charge is 2.29. The van der Waals surface area contributed by atoms with Crippen LogP contribution in [-0.2, 0) is 6.42 Å². The summed E-state index contributed by atoms with van der Waals surface area (Å²) in [6, 6.07) is 7.74. The highest BCUT2D eigenvalue weighted by Crippen LogP contribution is 2.21. The smallest absolute Gasteiger partial charge is 0.254 e. The van der Waals surface area contributed by atoms with Crippen molar-refractivity contribution < 1.29 is 13.9 Å². The summed E-state index contributed by atoms with van der Waals surface area (Å²) in [5.41, 5.74) is 1.67. The van der Waals surface area contributed by atoms with E-state index in [-0.39, 0.29) is 17.8 Å². The second-order valence-electron chi connectivity index (χ2n) is 5.62. The average molecular weight is 314 g/mol.